The van der Waals surface area contributed by atoms with Crippen LogP contribution in [0.4, 0.5) is 0 Å². The molecule has 1 aliphatic carbocycles. The summed E-state index contributed by atoms with van der Waals surface area (Å²) >= 11 is 0. The molecule has 1 saturated carbocycles. The van der Waals surface area contributed by atoms with Gasteiger partial charge in [-0.15, -0.1) is 0 Å². The number of hydrogen-bond acceptors (Lipinski definition) is 2. The van der Waals surface area contributed by atoms with E-state index in [2.05, 4.69) is 27.7 Å². The van der Waals surface area contributed by atoms with Gasteiger partial charge < -0.3 is 9.47 Å². The molecule has 2 saturated heterocycles. The molecule has 0 aromatic carbocycles. The van der Waals surface area contributed by atoms with Crippen LogP contribution in [0.25, 0.3) is 0 Å². The fourth-order valence-electron chi connectivity index (χ4n) is 5.45. The van der Waals surface area contributed by atoms with E-state index in [4.69, 9.17) is 9.47 Å². The van der Waals surface area contributed by atoms with Gasteiger partial charge in [0.05, 0.1) is 17.3 Å². The van der Waals surface area contributed by atoms with Crippen LogP contribution in [0.5, 0.6) is 0 Å². The Morgan fingerprint density at radius 1 is 1.25 bits per heavy atom. The second kappa shape index (κ2) is 5.28. The summed E-state index contributed by atoms with van der Waals surface area (Å²) in [5.74, 6) is 2.46. The van der Waals surface area contributed by atoms with E-state index in [0.717, 1.165) is 24.4 Å². The lowest BCUT2D eigenvalue weighted by Crippen LogP contribution is -2.40. The maximum absolute atomic E-state index is 6.21. The quantitative estimate of drug-likeness (QED) is 0.704. The molecule has 0 spiro atoms. The molecule has 2 aliphatic heterocycles. The van der Waals surface area contributed by atoms with E-state index >= 15 is 0 Å². The first-order valence-corrected chi connectivity index (χ1v) is 8.87. The first kappa shape index (κ1) is 14.8. The molecule has 0 bridgehead atoms. The Balaban J connectivity index is 1.68. The zero-order valence-electron chi connectivity index (χ0n) is 13.8. The Kier molecular flexibility index (Phi) is 3.92. The average Bonchev–Trinajstić information content (AvgIpc) is 3.07. The van der Waals surface area contributed by atoms with E-state index in [1.54, 1.807) is 0 Å². The highest BCUT2D eigenvalue weighted by atomic mass is 16.6. The first-order chi connectivity index (χ1) is 9.55. The fraction of sp³-hybridized carbons (Fsp3) is 1.00. The summed E-state index contributed by atoms with van der Waals surface area (Å²) in [4.78, 5) is 0. The molecule has 0 radical (unpaired) electrons. The highest BCUT2D eigenvalue weighted by molar-refractivity contribution is 5.16. The first-order valence-electron chi connectivity index (χ1n) is 8.87. The predicted octanol–water partition coefficient (Wildman–Crippen LogP) is 4.57. The van der Waals surface area contributed by atoms with E-state index < -0.39 is 0 Å². The molecule has 0 N–H and O–H groups in total. The molecule has 3 rings (SSSR count). The molecule has 3 aliphatic rings. The summed E-state index contributed by atoms with van der Waals surface area (Å²) < 4.78 is 12.1. The van der Waals surface area contributed by atoms with Crippen molar-refractivity contribution in [1.29, 1.82) is 0 Å². The normalized spacial score (nSPS) is 49.5. The highest BCUT2D eigenvalue weighted by Crippen LogP contribution is 2.62. The van der Waals surface area contributed by atoms with Gasteiger partial charge in [-0.1, -0.05) is 20.3 Å². The predicted molar refractivity (Wildman–Crippen MR) is 81.8 cm³/mol. The van der Waals surface area contributed by atoms with Gasteiger partial charge in [-0.3, -0.25) is 0 Å². The van der Waals surface area contributed by atoms with Crippen molar-refractivity contribution >= 4 is 0 Å². The molecule has 0 amide bonds. The third-order valence-electron chi connectivity index (χ3n) is 6.78. The molecule has 2 heteroatoms. The molecule has 116 valence electrons. The summed E-state index contributed by atoms with van der Waals surface area (Å²) in [6.45, 7) is 10.3. The largest absolute Gasteiger partial charge is 0.378 e. The van der Waals surface area contributed by atoms with Crippen molar-refractivity contribution < 1.29 is 9.47 Å². The van der Waals surface area contributed by atoms with Crippen LogP contribution in [0.1, 0.15) is 72.6 Å². The van der Waals surface area contributed by atoms with E-state index in [-0.39, 0.29) is 11.2 Å². The summed E-state index contributed by atoms with van der Waals surface area (Å²) in [6.07, 6.45) is 9.50. The second-order valence-corrected chi connectivity index (χ2v) is 7.64. The lowest BCUT2D eigenvalue weighted by atomic mass is 9.64. The van der Waals surface area contributed by atoms with E-state index in [9.17, 15) is 0 Å². The maximum atomic E-state index is 6.21. The Labute approximate surface area is 124 Å². The summed E-state index contributed by atoms with van der Waals surface area (Å²) in [5, 5.41) is 0. The minimum atomic E-state index is 0.191. The second-order valence-electron chi connectivity index (χ2n) is 7.64. The van der Waals surface area contributed by atoms with Gasteiger partial charge in [-0.2, -0.15) is 0 Å². The van der Waals surface area contributed by atoms with Crippen molar-refractivity contribution in [3.8, 4) is 0 Å². The van der Waals surface area contributed by atoms with Crippen LogP contribution in [0.3, 0.4) is 0 Å². The van der Waals surface area contributed by atoms with Gasteiger partial charge >= 0.3 is 0 Å². The van der Waals surface area contributed by atoms with Gasteiger partial charge in [-0.05, 0) is 70.1 Å². The van der Waals surface area contributed by atoms with Crippen LogP contribution in [0.2, 0.25) is 0 Å². The zero-order chi connectivity index (χ0) is 14.4. The van der Waals surface area contributed by atoms with Crippen molar-refractivity contribution in [3.05, 3.63) is 0 Å². The van der Waals surface area contributed by atoms with Crippen LogP contribution in [0.15, 0.2) is 0 Å². The van der Waals surface area contributed by atoms with Gasteiger partial charge in [0.1, 0.15) is 0 Å². The fourth-order valence-corrected chi connectivity index (χ4v) is 5.45. The van der Waals surface area contributed by atoms with E-state index in [0.29, 0.717) is 6.10 Å². The number of fused-ring (bicyclic) bond motifs is 1. The molecule has 20 heavy (non-hydrogen) atoms. The number of ether oxygens (including phenoxy) is 2. The SMILES string of the molecule is CCC(C1CCC2(CC)OC2(C)C1)C1CCCOC1C. The maximum Gasteiger partial charge on any atom is 0.0974 e. The smallest absolute Gasteiger partial charge is 0.0974 e. The number of rotatable bonds is 4. The van der Waals surface area contributed by atoms with Crippen LogP contribution in [-0.2, 0) is 9.47 Å². The van der Waals surface area contributed by atoms with E-state index in [1.807, 2.05) is 0 Å². The van der Waals surface area contributed by atoms with Crippen LogP contribution < -0.4 is 0 Å². The third kappa shape index (κ3) is 2.23. The van der Waals surface area contributed by atoms with Crippen LogP contribution in [0, 0.1) is 17.8 Å². The van der Waals surface area contributed by atoms with Crippen molar-refractivity contribution in [3.63, 3.8) is 0 Å². The minimum absolute atomic E-state index is 0.191. The minimum Gasteiger partial charge on any atom is -0.378 e. The monoisotopic (exact) mass is 280 g/mol. The van der Waals surface area contributed by atoms with Crippen molar-refractivity contribution in [1.82, 2.24) is 0 Å². The van der Waals surface area contributed by atoms with Gasteiger partial charge in [0.2, 0.25) is 0 Å². The molecular weight excluding hydrogens is 248 g/mol. The van der Waals surface area contributed by atoms with Crippen LogP contribution >= 0.6 is 0 Å². The number of hydrogen-bond donors (Lipinski definition) is 0. The van der Waals surface area contributed by atoms with Gasteiger partial charge in [0.25, 0.3) is 0 Å². The van der Waals surface area contributed by atoms with Gasteiger partial charge in [-0.25, -0.2) is 0 Å². The lowest BCUT2D eigenvalue weighted by Gasteiger charge is -2.41. The summed E-state index contributed by atoms with van der Waals surface area (Å²) in [5.41, 5.74) is 0.438. The van der Waals surface area contributed by atoms with E-state index in [1.165, 1.54) is 44.9 Å². The molecule has 0 aromatic rings. The molecule has 2 heterocycles. The summed E-state index contributed by atoms with van der Waals surface area (Å²) in [7, 11) is 0. The molecule has 0 aromatic heterocycles. The topological polar surface area (TPSA) is 21.8 Å². The standard InChI is InChI=1S/C18H32O2/c1-5-15(16-8-7-11-19-13(16)3)14-9-10-18(6-2)17(4,12-14)20-18/h13-16H,5-12H2,1-4H3. The Bertz CT molecular complexity index is 355. The average molecular weight is 280 g/mol. The van der Waals surface area contributed by atoms with Crippen LogP contribution in [-0.4, -0.2) is 23.9 Å². The third-order valence-corrected chi connectivity index (χ3v) is 6.78. The van der Waals surface area contributed by atoms with Gasteiger partial charge in [0, 0.05) is 6.61 Å². The molecule has 6 unspecified atom stereocenters. The Morgan fingerprint density at radius 2 is 2.05 bits per heavy atom. The lowest BCUT2D eigenvalue weighted by molar-refractivity contribution is -0.0510. The zero-order valence-corrected chi connectivity index (χ0v) is 13.8. The Morgan fingerprint density at radius 3 is 2.65 bits per heavy atom. The number of epoxide rings is 1. The van der Waals surface area contributed by atoms with Crippen molar-refractivity contribution in [2.24, 2.45) is 17.8 Å². The Hall–Kier alpha value is -0.0800. The van der Waals surface area contributed by atoms with Crippen molar-refractivity contribution in [2.45, 2.75) is 89.9 Å². The molecule has 3 fully saturated rings. The molecule has 2 nitrogen and oxygen atoms in total. The van der Waals surface area contributed by atoms with Crippen molar-refractivity contribution in [2.75, 3.05) is 6.61 Å². The summed E-state index contributed by atoms with van der Waals surface area (Å²) in [6, 6.07) is 0. The highest BCUT2D eigenvalue weighted by Gasteiger charge is 2.67. The molecular formula is C18H32O2. The van der Waals surface area contributed by atoms with Gasteiger partial charge in [0.15, 0.2) is 0 Å². The molecule has 6 atom stereocenters.